The molecule has 0 aliphatic carbocycles. The van der Waals surface area contributed by atoms with E-state index in [2.05, 4.69) is 37.2 Å². The van der Waals surface area contributed by atoms with Crippen molar-refractivity contribution in [3.63, 3.8) is 0 Å². The smallest absolute Gasteiger partial charge is 0.255 e. The second-order valence-corrected chi connectivity index (χ2v) is 7.33. The Kier molecular flexibility index (Phi) is 5.92. The van der Waals surface area contributed by atoms with Gasteiger partial charge in [-0.1, -0.05) is 22.0 Å². The SMILES string of the molecule is O=C(Nc1cccc(Br)c1)c1ccc(OCC2CCCO2)c(Br)c1. The van der Waals surface area contributed by atoms with Crippen molar-refractivity contribution in [2.24, 2.45) is 0 Å². The van der Waals surface area contributed by atoms with E-state index in [1.807, 2.05) is 24.3 Å². The van der Waals surface area contributed by atoms with Crippen LogP contribution in [-0.2, 0) is 4.74 Å². The number of halogens is 2. The van der Waals surface area contributed by atoms with E-state index in [0.29, 0.717) is 17.9 Å². The molecule has 1 unspecified atom stereocenters. The van der Waals surface area contributed by atoms with E-state index in [-0.39, 0.29) is 12.0 Å². The molecule has 1 aliphatic rings. The summed E-state index contributed by atoms with van der Waals surface area (Å²) in [5.41, 5.74) is 1.30. The molecule has 3 rings (SSSR count). The molecule has 0 aromatic heterocycles. The topological polar surface area (TPSA) is 47.6 Å². The second kappa shape index (κ2) is 8.14. The van der Waals surface area contributed by atoms with Gasteiger partial charge in [-0.3, -0.25) is 4.79 Å². The molecule has 1 saturated heterocycles. The van der Waals surface area contributed by atoms with Crippen molar-refractivity contribution in [1.82, 2.24) is 0 Å². The highest BCUT2D eigenvalue weighted by molar-refractivity contribution is 9.10. The summed E-state index contributed by atoms with van der Waals surface area (Å²) in [5, 5.41) is 2.87. The van der Waals surface area contributed by atoms with Gasteiger partial charge in [-0.25, -0.2) is 0 Å². The number of benzene rings is 2. The standard InChI is InChI=1S/C18H17Br2NO3/c19-13-3-1-4-14(10-13)21-18(22)12-6-7-17(16(20)9-12)24-11-15-5-2-8-23-15/h1,3-4,6-7,9-10,15H,2,5,8,11H2,(H,21,22). The largest absolute Gasteiger partial charge is 0.490 e. The molecule has 4 nitrogen and oxygen atoms in total. The molecule has 0 saturated carbocycles. The molecule has 0 spiro atoms. The van der Waals surface area contributed by atoms with Crippen LogP contribution in [0.5, 0.6) is 5.75 Å². The minimum absolute atomic E-state index is 0.163. The summed E-state index contributed by atoms with van der Waals surface area (Å²) in [6.07, 6.45) is 2.28. The van der Waals surface area contributed by atoms with Crippen LogP contribution in [0.3, 0.4) is 0 Å². The highest BCUT2D eigenvalue weighted by Crippen LogP contribution is 2.27. The van der Waals surface area contributed by atoms with Gasteiger partial charge in [0.2, 0.25) is 0 Å². The van der Waals surface area contributed by atoms with Crippen molar-refractivity contribution in [2.75, 3.05) is 18.5 Å². The maximum atomic E-state index is 12.3. The number of carbonyl (C=O) groups excluding carboxylic acids is 1. The molecule has 1 atom stereocenters. The Balaban J connectivity index is 1.63. The van der Waals surface area contributed by atoms with E-state index < -0.39 is 0 Å². The lowest BCUT2D eigenvalue weighted by Gasteiger charge is -2.13. The fraction of sp³-hybridized carbons (Fsp3) is 0.278. The third-order valence-electron chi connectivity index (χ3n) is 3.73. The van der Waals surface area contributed by atoms with Crippen molar-refractivity contribution >= 4 is 43.5 Å². The van der Waals surface area contributed by atoms with Crippen LogP contribution in [0.25, 0.3) is 0 Å². The summed E-state index contributed by atoms with van der Waals surface area (Å²) in [6, 6.07) is 12.8. The fourth-order valence-corrected chi connectivity index (χ4v) is 3.38. The Morgan fingerprint density at radius 2 is 2.12 bits per heavy atom. The van der Waals surface area contributed by atoms with Crippen LogP contribution in [0, 0.1) is 0 Å². The van der Waals surface area contributed by atoms with E-state index in [1.165, 1.54) is 0 Å². The van der Waals surface area contributed by atoms with Crippen LogP contribution < -0.4 is 10.1 Å². The molecule has 2 aromatic carbocycles. The Morgan fingerprint density at radius 3 is 2.83 bits per heavy atom. The Hall–Kier alpha value is -1.37. The van der Waals surface area contributed by atoms with Gasteiger partial charge in [0.15, 0.2) is 0 Å². The third-order valence-corrected chi connectivity index (χ3v) is 4.84. The van der Waals surface area contributed by atoms with Crippen LogP contribution in [-0.4, -0.2) is 25.2 Å². The second-order valence-electron chi connectivity index (χ2n) is 5.56. The highest BCUT2D eigenvalue weighted by Gasteiger charge is 2.17. The van der Waals surface area contributed by atoms with Crippen LogP contribution in [0.1, 0.15) is 23.2 Å². The Labute approximate surface area is 157 Å². The summed E-state index contributed by atoms with van der Waals surface area (Å²) in [4.78, 5) is 12.3. The number of carbonyl (C=O) groups is 1. The quantitative estimate of drug-likeness (QED) is 0.689. The van der Waals surface area contributed by atoms with Crippen molar-refractivity contribution in [1.29, 1.82) is 0 Å². The van der Waals surface area contributed by atoms with Crippen LogP contribution in [0.4, 0.5) is 5.69 Å². The summed E-state index contributed by atoms with van der Waals surface area (Å²) < 4.78 is 13.0. The van der Waals surface area contributed by atoms with E-state index in [4.69, 9.17) is 9.47 Å². The molecule has 1 N–H and O–H groups in total. The van der Waals surface area contributed by atoms with Gasteiger partial charge in [0, 0.05) is 22.3 Å². The summed E-state index contributed by atoms with van der Waals surface area (Å²) in [7, 11) is 0. The molecule has 1 fully saturated rings. The Morgan fingerprint density at radius 1 is 1.25 bits per heavy atom. The lowest BCUT2D eigenvalue weighted by atomic mass is 10.2. The van der Waals surface area contributed by atoms with Gasteiger partial charge >= 0.3 is 0 Å². The van der Waals surface area contributed by atoms with Crippen LogP contribution in [0.15, 0.2) is 51.4 Å². The van der Waals surface area contributed by atoms with Gasteiger partial charge in [-0.05, 0) is 65.2 Å². The minimum Gasteiger partial charge on any atom is -0.490 e. The normalized spacial score (nSPS) is 16.8. The maximum Gasteiger partial charge on any atom is 0.255 e. The van der Waals surface area contributed by atoms with Crippen molar-refractivity contribution in [2.45, 2.75) is 18.9 Å². The maximum absolute atomic E-state index is 12.3. The number of amides is 1. The fourth-order valence-electron chi connectivity index (χ4n) is 2.49. The predicted octanol–water partition coefficient (Wildman–Crippen LogP) is 5.02. The zero-order valence-corrected chi connectivity index (χ0v) is 16.1. The van der Waals surface area contributed by atoms with Crippen molar-refractivity contribution in [3.8, 4) is 5.75 Å². The minimum atomic E-state index is -0.167. The van der Waals surface area contributed by atoms with Gasteiger partial charge in [0.05, 0.1) is 10.6 Å². The third kappa shape index (κ3) is 4.59. The van der Waals surface area contributed by atoms with E-state index >= 15 is 0 Å². The number of ether oxygens (including phenoxy) is 2. The summed E-state index contributed by atoms with van der Waals surface area (Å²) in [5.74, 6) is 0.545. The number of rotatable bonds is 5. The number of hydrogen-bond donors (Lipinski definition) is 1. The molecular formula is C18H17Br2NO3. The van der Waals surface area contributed by atoms with Gasteiger partial charge in [-0.2, -0.15) is 0 Å². The molecule has 2 aromatic rings. The first-order valence-corrected chi connectivity index (χ1v) is 9.31. The molecule has 1 heterocycles. The lowest BCUT2D eigenvalue weighted by molar-refractivity contribution is 0.0677. The average molecular weight is 455 g/mol. The lowest BCUT2D eigenvalue weighted by Crippen LogP contribution is -2.16. The van der Waals surface area contributed by atoms with Gasteiger partial charge in [0.25, 0.3) is 5.91 Å². The predicted molar refractivity (Wildman–Crippen MR) is 101 cm³/mol. The Bertz CT molecular complexity index is 730. The highest BCUT2D eigenvalue weighted by atomic mass is 79.9. The summed E-state index contributed by atoms with van der Waals surface area (Å²) in [6.45, 7) is 1.34. The first-order chi connectivity index (χ1) is 11.6. The van der Waals surface area contributed by atoms with Gasteiger partial charge < -0.3 is 14.8 Å². The molecule has 1 aliphatic heterocycles. The van der Waals surface area contributed by atoms with Gasteiger partial charge in [-0.15, -0.1) is 0 Å². The molecule has 0 radical (unpaired) electrons. The van der Waals surface area contributed by atoms with Crippen molar-refractivity contribution in [3.05, 3.63) is 57.0 Å². The number of anilines is 1. The van der Waals surface area contributed by atoms with E-state index in [1.54, 1.807) is 18.2 Å². The van der Waals surface area contributed by atoms with Crippen molar-refractivity contribution < 1.29 is 14.3 Å². The summed E-state index contributed by atoms with van der Waals surface area (Å²) >= 11 is 6.86. The molecule has 24 heavy (non-hydrogen) atoms. The molecule has 6 heteroatoms. The zero-order chi connectivity index (χ0) is 16.9. The molecular weight excluding hydrogens is 438 g/mol. The number of nitrogens with one attached hydrogen (secondary N) is 1. The molecule has 1 amide bonds. The molecule has 0 bridgehead atoms. The zero-order valence-electron chi connectivity index (χ0n) is 12.9. The van der Waals surface area contributed by atoms with Crippen LogP contribution >= 0.6 is 31.9 Å². The monoisotopic (exact) mass is 453 g/mol. The number of hydrogen-bond acceptors (Lipinski definition) is 3. The van der Waals surface area contributed by atoms with Gasteiger partial charge in [0.1, 0.15) is 12.4 Å². The van der Waals surface area contributed by atoms with Crippen LogP contribution in [0.2, 0.25) is 0 Å². The van der Waals surface area contributed by atoms with E-state index in [9.17, 15) is 4.79 Å². The van der Waals surface area contributed by atoms with E-state index in [0.717, 1.165) is 34.1 Å². The first kappa shape index (κ1) is 17.5. The molecule has 126 valence electrons. The first-order valence-electron chi connectivity index (χ1n) is 7.73. The average Bonchev–Trinajstić information content (AvgIpc) is 3.07.